The normalized spacial score (nSPS) is 12.9. The van der Waals surface area contributed by atoms with Crippen LogP contribution in [0, 0.1) is 0 Å². The van der Waals surface area contributed by atoms with Crippen LogP contribution >= 0.6 is 11.6 Å². The third kappa shape index (κ3) is 2.94. The lowest BCUT2D eigenvalue weighted by molar-refractivity contribution is 0.805. The maximum atomic E-state index is 6.00. The van der Waals surface area contributed by atoms with Gasteiger partial charge in [0.2, 0.25) is 0 Å². The Hall–Kier alpha value is -0.490. The van der Waals surface area contributed by atoms with E-state index in [4.69, 9.17) is 11.6 Å². The van der Waals surface area contributed by atoms with Crippen molar-refractivity contribution in [3.63, 3.8) is 0 Å². The predicted molar refractivity (Wildman–Crippen MR) is 50.1 cm³/mol. The van der Waals surface area contributed by atoms with E-state index in [1.54, 1.807) is 0 Å². The molecule has 0 saturated heterocycles. The van der Waals surface area contributed by atoms with Gasteiger partial charge >= 0.3 is 0 Å². The molecule has 0 aliphatic rings. The molecule has 0 nitrogen and oxygen atoms in total. The Kier molecular flexibility index (Phi) is 3.44. The lowest BCUT2D eigenvalue weighted by Crippen LogP contribution is -2.00. The van der Waals surface area contributed by atoms with Crippen LogP contribution in [0.5, 0.6) is 0 Å². The van der Waals surface area contributed by atoms with Gasteiger partial charge in [-0.2, -0.15) is 0 Å². The van der Waals surface area contributed by atoms with Crippen LogP contribution in [0.15, 0.2) is 30.3 Å². The quantitative estimate of drug-likeness (QED) is 0.608. The average molecular weight is 169 g/mol. The SMILES string of the molecule is CCC(Cl)Cc1ccccc1. The van der Waals surface area contributed by atoms with Gasteiger partial charge in [-0.25, -0.2) is 0 Å². The lowest BCUT2D eigenvalue weighted by Gasteiger charge is -2.04. The minimum absolute atomic E-state index is 0.289. The molecular weight excluding hydrogens is 156 g/mol. The molecule has 0 radical (unpaired) electrons. The second-order valence-electron chi connectivity index (χ2n) is 2.70. The Bertz CT molecular complexity index is 193. The van der Waals surface area contributed by atoms with E-state index in [1.807, 2.05) is 6.07 Å². The number of halogens is 1. The van der Waals surface area contributed by atoms with Crippen LogP contribution < -0.4 is 0 Å². The summed E-state index contributed by atoms with van der Waals surface area (Å²) >= 11 is 6.00. The first-order valence-corrected chi connectivity index (χ1v) is 4.44. The standard InChI is InChI=1S/C10H13Cl/c1-2-10(11)8-9-6-4-3-5-7-9/h3-7,10H,2,8H2,1H3. The highest BCUT2D eigenvalue weighted by Gasteiger charge is 2.00. The van der Waals surface area contributed by atoms with E-state index in [0.29, 0.717) is 0 Å². The van der Waals surface area contributed by atoms with Crippen LogP contribution in [0.4, 0.5) is 0 Å². The zero-order chi connectivity index (χ0) is 8.10. The minimum Gasteiger partial charge on any atom is -0.123 e. The van der Waals surface area contributed by atoms with Crippen molar-refractivity contribution in [3.05, 3.63) is 35.9 Å². The molecule has 0 aliphatic heterocycles. The molecule has 1 aromatic rings. The highest BCUT2D eigenvalue weighted by molar-refractivity contribution is 6.20. The van der Waals surface area contributed by atoms with Gasteiger partial charge in [0, 0.05) is 5.38 Å². The average Bonchev–Trinajstić information content (AvgIpc) is 2.06. The summed E-state index contributed by atoms with van der Waals surface area (Å²) in [7, 11) is 0. The van der Waals surface area contributed by atoms with E-state index >= 15 is 0 Å². The number of hydrogen-bond donors (Lipinski definition) is 0. The summed E-state index contributed by atoms with van der Waals surface area (Å²) in [5.41, 5.74) is 1.33. The molecule has 1 rings (SSSR count). The molecule has 11 heavy (non-hydrogen) atoms. The summed E-state index contributed by atoms with van der Waals surface area (Å²) in [6.45, 7) is 2.11. The Balaban J connectivity index is 2.51. The number of alkyl halides is 1. The van der Waals surface area contributed by atoms with Gasteiger partial charge in [0.05, 0.1) is 0 Å². The Morgan fingerprint density at radius 1 is 1.27 bits per heavy atom. The summed E-state index contributed by atoms with van der Waals surface area (Å²) in [6.07, 6.45) is 2.02. The molecule has 0 amide bonds. The largest absolute Gasteiger partial charge is 0.123 e. The van der Waals surface area contributed by atoms with E-state index in [2.05, 4.69) is 31.2 Å². The molecule has 0 spiro atoms. The molecule has 0 aliphatic carbocycles. The van der Waals surface area contributed by atoms with Gasteiger partial charge in [-0.15, -0.1) is 11.6 Å². The van der Waals surface area contributed by atoms with Gasteiger partial charge in [0.15, 0.2) is 0 Å². The second-order valence-corrected chi connectivity index (χ2v) is 3.31. The first kappa shape index (κ1) is 8.61. The first-order valence-electron chi connectivity index (χ1n) is 4.01. The van der Waals surface area contributed by atoms with Gasteiger partial charge in [0.25, 0.3) is 0 Å². The fraction of sp³-hybridized carbons (Fsp3) is 0.400. The maximum absolute atomic E-state index is 6.00. The van der Waals surface area contributed by atoms with Crippen molar-refractivity contribution < 1.29 is 0 Å². The van der Waals surface area contributed by atoms with Crippen molar-refractivity contribution >= 4 is 11.6 Å². The van der Waals surface area contributed by atoms with Crippen molar-refractivity contribution in [1.29, 1.82) is 0 Å². The van der Waals surface area contributed by atoms with Gasteiger partial charge in [-0.1, -0.05) is 37.3 Å². The fourth-order valence-corrected chi connectivity index (χ4v) is 1.19. The van der Waals surface area contributed by atoms with Crippen LogP contribution in [-0.2, 0) is 6.42 Å². The number of hydrogen-bond acceptors (Lipinski definition) is 0. The molecule has 0 N–H and O–H groups in total. The monoisotopic (exact) mass is 168 g/mol. The summed E-state index contributed by atoms with van der Waals surface area (Å²) in [6, 6.07) is 10.4. The molecule has 0 fully saturated rings. The molecule has 1 aromatic carbocycles. The van der Waals surface area contributed by atoms with Crippen LogP contribution in [0.1, 0.15) is 18.9 Å². The van der Waals surface area contributed by atoms with Gasteiger partial charge in [-0.3, -0.25) is 0 Å². The molecule has 0 bridgehead atoms. The highest BCUT2D eigenvalue weighted by Crippen LogP contribution is 2.10. The van der Waals surface area contributed by atoms with Crippen LogP contribution in [0.3, 0.4) is 0 Å². The summed E-state index contributed by atoms with van der Waals surface area (Å²) < 4.78 is 0. The Morgan fingerprint density at radius 2 is 1.91 bits per heavy atom. The predicted octanol–water partition coefficient (Wildman–Crippen LogP) is 3.25. The maximum Gasteiger partial charge on any atom is 0.0373 e. The van der Waals surface area contributed by atoms with E-state index in [-0.39, 0.29) is 5.38 Å². The van der Waals surface area contributed by atoms with Gasteiger partial charge in [-0.05, 0) is 18.4 Å². The lowest BCUT2D eigenvalue weighted by atomic mass is 10.1. The van der Waals surface area contributed by atoms with Crippen molar-refractivity contribution in [2.24, 2.45) is 0 Å². The smallest absolute Gasteiger partial charge is 0.0373 e. The van der Waals surface area contributed by atoms with Crippen molar-refractivity contribution in [1.82, 2.24) is 0 Å². The second kappa shape index (κ2) is 4.40. The molecular formula is C10H13Cl. The topological polar surface area (TPSA) is 0 Å². The van der Waals surface area contributed by atoms with Crippen LogP contribution in [0.2, 0.25) is 0 Å². The minimum atomic E-state index is 0.289. The van der Waals surface area contributed by atoms with Crippen LogP contribution in [0.25, 0.3) is 0 Å². The molecule has 60 valence electrons. The molecule has 1 atom stereocenters. The Labute approximate surface area is 73.2 Å². The molecule has 0 aromatic heterocycles. The van der Waals surface area contributed by atoms with E-state index in [1.165, 1.54) is 5.56 Å². The van der Waals surface area contributed by atoms with E-state index in [0.717, 1.165) is 12.8 Å². The molecule has 0 heterocycles. The first-order chi connectivity index (χ1) is 5.33. The van der Waals surface area contributed by atoms with E-state index < -0.39 is 0 Å². The zero-order valence-corrected chi connectivity index (χ0v) is 7.51. The van der Waals surface area contributed by atoms with Crippen molar-refractivity contribution in [3.8, 4) is 0 Å². The molecule has 1 unspecified atom stereocenters. The highest BCUT2D eigenvalue weighted by atomic mass is 35.5. The fourth-order valence-electron chi connectivity index (χ4n) is 1.01. The van der Waals surface area contributed by atoms with Gasteiger partial charge < -0.3 is 0 Å². The summed E-state index contributed by atoms with van der Waals surface area (Å²) in [4.78, 5) is 0. The van der Waals surface area contributed by atoms with Crippen LogP contribution in [-0.4, -0.2) is 5.38 Å². The van der Waals surface area contributed by atoms with Crippen molar-refractivity contribution in [2.75, 3.05) is 0 Å². The number of rotatable bonds is 3. The number of benzene rings is 1. The van der Waals surface area contributed by atoms with Crippen molar-refractivity contribution in [2.45, 2.75) is 25.1 Å². The zero-order valence-electron chi connectivity index (χ0n) is 6.76. The third-order valence-corrected chi connectivity index (χ3v) is 2.21. The third-order valence-electron chi connectivity index (χ3n) is 1.74. The Morgan fingerprint density at radius 3 is 2.45 bits per heavy atom. The summed E-state index contributed by atoms with van der Waals surface area (Å²) in [5, 5.41) is 0.289. The van der Waals surface area contributed by atoms with Gasteiger partial charge in [0.1, 0.15) is 0 Å². The molecule has 1 heteroatoms. The molecule has 0 saturated carbocycles. The van der Waals surface area contributed by atoms with E-state index in [9.17, 15) is 0 Å². The summed E-state index contributed by atoms with van der Waals surface area (Å²) in [5.74, 6) is 0.